The van der Waals surface area contributed by atoms with E-state index in [1.807, 2.05) is 0 Å². The SMILES string of the molecule is COc1cccc(C(=O)O)c1N(C)C. The van der Waals surface area contributed by atoms with E-state index in [0.29, 0.717) is 11.4 Å². The second-order valence-corrected chi connectivity index (χ2v) is 3.06. The number of carbonyl (C=O) groups is 1. The smallest absolute Gasteiger partial charge is 0.337 e. The summed E-state index contributed by atoms with van der Waals surface area (Å²) in [6.07, 6.45) is 0. The van der Waals surface area contributed by atoms with Crippen LogP contribution in [0.2, 0.25) is 0 Å². The molecule has 14 heavy (non-hydrogen) atoms. The van der Waals surface area contributed by atoms with Crippen LogP contribution in [0.15, 0.2) is 18.2 Å². The number of ether oxygens (including phenoxy) is 1. The molecular weight excluding hydrogens is 182 g/mol. The van der Waals surface area contributed by atoms with Crippen molar-refractivity contribution < 1.29 is 14.6 Å². The minimum atomic E-state index is -0.951. The van der Waals surface area contributed by atoms with Gasteiger partial charge >= 0.3 is 5.97 Å². The summed E-state index contributed by atoms with van der Waals surface area (Å²) in [7, 11) is 5.09. The molecule has 0 amide bonds. The molecule has 0 heterocycles. The number of nitrogens with zero attached hydrogens (tertiary/aromatic N) is 1. The number of carboxylic acids is 1. The second kappa shape index (κ2) is 4.00. The van der Waals surface area contributed by atoms with Crippen LogP contribution in [0, 0.1) is 0 Å². The van der Waals surface area contributed by atoms with Gasteiger partial charge in [0.15, 0.2) is 0 Å². The molecule has 4 heteroatoms. The summed E-state index contributed by atoms with van der Waals surface area (Å²) in [5, 5.41) is 8.95. The number of aromatic carboxylic acids is 1. The summed E-state index contributed by atoms with van der Waals surface area (Å²) in [6, 6.07) is 4.96. The number of carboxylic acid groups (broad SMARTS) is 1. The molecule has 0 spiro atoms. The van der Waals surface area contributed by atoms with Gasteiger partial charge in [0.1, 0.15) is 5.75 Å². The first-order valence-electron chi connectivity index (χ1n) is 4.15. The van der Waals surface area contributed by atoms with Gasteiger partial charge in [-0.3, -0.25) is 0 Å². The number of anilines is 1. The highest BCUT2D eigenvalue weighted by Crippen LogP contribution is 2.30. The van der Waals surface area contributed by atoms with Crippen molar-refractivity contribution in [2.24, 2.45) is 0 Å². The van der Waals surface area contributed by atoms with Crippen LogP contribution in [0.4, 0.5) is 5.69 Å². The topological polar surface area (TPSA) is 49.8 Å². The number of para-hydroxylation sites is 1. The zero-order valence-corrected chi connectivity index (χ0v) is 8.44. The Hall–Kier alpha value is -1.71. The van der Waals surface area contributed by atoms with Gasteiger partial charge in [0.2, 0.25) is 0 Å². The van der Waals surface area contributed by atoms with Gasteiger partial charge in [-0.15, -0.1) is 0 Å². The maximum absolute atomic E-state index is 10.9. The predicted molar refractivity (Wildman–Crippen MR) is 54.3 cm³/mol. The normalized spacial score (nSPS) is 9.64. The molecular formula is C10H13NO3. The van der Waals surface area contributed by atoms with Gasteiger partial charge in [0.05, 0.1) is 18.4 Å². The lowest BCUT2D eigenvalue weighted by molar-refractivity contribution is 0.0697. The molecule has 0 saturated heterocycles. The maximum atomic E-state index is 10.9. The lowest BCUT2D eigenvalue weighted by atomic mass is 10.1. The predicted octanol–water partition coefficient (Wildman–Crippen LogP) is 1.46. The Balaban J connectivity index is 3.35. The van der Waals surface area contributed by atoms with E-state index >= 15 is 0 Å². The summed E-state index contributed by atoms with van der Waals surface area (Å²) in [5.74, 6) is -0.387. The summed E-state index contributed by atoms with van der Waals surface area (Å²) in [4.78, 5) is 12.6. The summed E-state index contributed by atoms with van der Waals surface area (Å²) in [6.45, 7) is 0. The zero-order chi connectivity index (χ0) is 10.7. The highest BCUT2D eigenvalue weighted by Gasteiger charge is 2.15. The molecule has 0 saturated carbocycles. The van der Waals surface area contributed by atoms with Crippen molar-refractivity contribution in [2.75, 3.05) is 26.1 Å². The number of hydrogen-bond acceptors (Lipinski definition) is 3. The fourth-order valence-corrected chi connectivity index (χ4v) is 1.32. The van der Waals surface area contributed by atoms with Crippen molar-refractivity contribution >= 4 is 11.7 Å². The third kappa shape index (κ3) is 1.79. The van der Waals surface area contributed by atoms with E-state index in [-0.39, 0.29) is 5.56 Å². The first kappa shape index (κ1) is 10.4. The minimum absolute atomic E-state index is 0.245. The van der Waals surface area contributed by atoms with Gasteiger partial charge in [-0.05, 0) is 12.1 Å². The van der Waals surface area contributed by atoms with E-state index in [9.17, 15) is 4.79 Å². The Bertz CT molecular complexity index is 347. The number of methoxy groups -OCH3 is 1. The van der Waals surface area contributed by atoms with Crippen molar-refractivity contribution in [3.8, 4) is 5.75 Å². The molecule has 0 bridgehead atoms. The van der Waals surface area contributed by atoms with E-state index in [4.69, 9.17) is 9.84 Å². The molecule has 0 aliphatic heterocycles. The van der Waals surface area contributed by atoms with Crippen LogP contribution in [0.3, 0.4) is 0 Å². The van der Waals surface area contributed by atoms with Crippen LogP contribution < -0.4 is 9.64 Å². The number of hydrogen-bond donors (Lipinski definition) is 1. The van der Waals surface area contributed by atoms with Crippen LogP contribution in [0.1, 0.15) is 10.4 Å². The molecule has 1 N–H and O–H groups in total. The van der Waals surface area contributed by atoms with E-state index in [0.717, 1.165) is 0 Å². The molecule has 1 aromatic rings. The van der Waals surface area contributed by atoms with E-state index in [1.54, 1.807) is 37.2 Å². The largest absolute Gasteiger partial charge is 0.495 e. The third-order valence-corrected chi connectivity index (χ3v) is 1.90. The Labute approximate surface area is 82.7 Å². The molecule has 0 aromatic heterocycles. The van der Waals surface area contributed by atoms with Gasteiger partial charge in [-0.2, -0.15) is 0 Å². The molecule has 0 aliphatic carbocycles. The Kier molecular flexibility index (Phi) is 2.96. The molecule has 0 atom stereocenters. The molecule has 0 unspecified atom stereocenters. The van der Waals surface area contributed by atoms with Gasteiger partial charge < -0.3 is 14.7 Å². The maximum Gasteiger partial charge on any atom is 0.337 e. The van der Waals surface area contributed by atoms with Crippen LogP contribution >= 0.6 is 0 Å². The Morgan fingerprint density at radius 2 is 2.07 bits per heavy atom. The van der Waals surface area contributed by atoms with E-state index in [1.165, 1.54) is 7.11 Å². The molecule has 1 rings (SSSR count). The van der Waals surface area contributed by atoms with E-state index in [2.05, 4.69) is 0 Å². The van der Waals surface area contributed by atoms with Gasteiger partial charge in [-0.1, -0.05) is 6.07 Å². The number of rotatable bonds is 3. The first-order valence-corrected chi connectivity index (χ1v) is 4.15. The number of benzene rings is 1. The van der Waals surface area contributed by atoms with Gasteiger partial charge in [-0.25, -0.2) is 4.79 Å². The molecule has 4 nitrogen and oxygen atoms in total. The summed E-state index contributed by atoms with van der Waals surface area (Å²) >= 11 is 0. The van der Waals surface area contributed by atoms with Crippen molar-refractivity contribution in [3.05, 3.63) is 23.8 Å². The fraction of sp³-hybridized carbons (Fsp3) is 0.300. The lowest BCUT2D eigenvalue weighted by Crippen LogP contribution is -2.15. The van der Waals surface area contributed by atoms with Crippen molar-refractivity contribution in [2.45, 2.75) is 0 Å². The van der Waals surface area contributed by atoms with Crippen LogP contribution in [-0.2, 0) is 0 Å². The summed E-state index contributed by atoms with van der Waals surface area (Å²) < 4.78 is 5.09. The zero-order valence-electron chi connectivity index (χ0n) is 8.44. The van der Waals surface area contributed by atoms with E-state index < -0.39 is 5.97 Å². The van der Waals surface area contributed by atoms with Crippen LogP contribution in [-0.4, -0.2) is 32.3 Å². The average molecular weight is 195 g/mol. The quantitative estimate of drug-likeness (QED) is 0.793. The van der Waals surface area contributed by atoms with Crippen LogP contribution in [0.5, 0.6) is 5.75 Å². The first-order chi connectivity index (χ1) is 6.57. The highest BCUT2D eigenvalue weighted by molar-refractivity contribution is 5.96. The standard InChI is InChI=1S/C10H13NO3/c1-11(2)9-7(10(12)13)5-4-6-8(9)14-3/h4-6H,1-3H3,(H,12,13). The van der Waals surface area contributed by atoms with Crippen molar-refractivity contribution in [1.29, 1.82) is 0 Å². The third-order valence-electron chi connectivity index (χ3n) is 1.90. The minimum Gasteiger partial charge on any atom is -0.495 e. The van der Waals surface area contributed by atoms with Crippen molar-refractivity contribution in [1.82, 2.24) is 0 Å². The lowest BCUT2D eigenvalue weighted by Gasteiger charge is -2.18. The average Bonchev–Trinajstić information content (AvgIpc) is 2.16. The molecule has 0 radical (unpaired) electrons. The molecule has 76 valence electrons. The Morgan fingerprint density at radius 1 is 1.43 bits per heavy atom. The highest BCUT2D eigenvalue weighted by atomic mass is 16.5. The molecule has 0 aliphatic rings. The van der Waals surface area contributed by atoms with Gasteiger partial charge in [0, 0.05) is 14.1 Å². The fourth-order valence-electron chi connectivity index (χ4n) is 1.32. The molecule has 1 aromatic carbocycles. The van der Waals surface area contributed by atoms with Gasteiger partial charge in [0.25, 0.3) is 0 Å². The van der Waals surface area contributed by atoms with Crippen LogP contribution in [0.25, 0.3) is 0 Å². The monoisotopic (exact) mass is 195 g/mol. The van der Waals surface area contributed by atoms with Crippen molar-refractivity contribution in [3.63, 3.8) is 0 Å². The Morgan fingerprint density at radius 3 is 2.50 bits per heavy atom. The molecule has 0 fully saturated rings. The second-order valence-electron chi connectivity index (χ2n) is 3.06. The summed E-state index contributed by atoms with van der Waals surface area (Å²) in [5.41, 5.74) is 0.830.